The lowest BCUT2D eigenvalue weighted by atomic mass is 10.1. The second-order valence-corrected chi connectivity index (χ2v) is 4.65. The molecule has 0 unspecified atom stereocenters. The fraction of sp³-hybridized carbons (Fsp3) is 0. The van der Waals surface area contributed by atoms with Crippen LogP contribution in [0.1, 0.15) is 11.3 Å². The molecule has 0 aliphatic carbocycles. The molecule has 0 amide bonds. The van der Waals surface area contributed by atoms with E-state index in [0.29, 0.717) is 0 Å². The first-order valence-corrected chi connectivity index (χ1v) is 6.46. The minimum Gasteiger partial charge on any atom is -0.514 e. The first-order valence-electron chi connectivity index (χ1n) is 6.46. The van der Waals surface area contributed by atoms with Gasteiger partial charge in [-0.05, 0) is 29.2 Å². The molecule has 0 bridgehead atoms. The van der Waals surface area contributed by atoms with Crippen LogP contribution in [0.15, 0.2) is 60.7 Å². The summed E-state index contributed by atoms with van der Waals surface area (Å²) in [5, 5.41) is 10.9. The number of phenols is 1. The highest BCUT2D eigenvalue weighted by molar-refractivity contribution is 5.82. The Bertz CT molecular complexity index is 776. The van der Waals surface area contributed by atoms with Gasteiger partial charge in [-0.15, -0.1) is 0 Å². The Morgan fingerprint density at radius 3 is 2.45 bits per heavy atom. The number of nitrogens with zero attached hydrogens (tertiary/aromatic N) is 1. The zero-order valence-corrected chi connectivity index (χ0v) is 11.0. The summed E-state index contributed by atoms with van der Waals surface area (Å²) in [6.45, 7) is 0. The van der Waals surface area contributed by atoms with Gasteiger partial charge in [-0.25, -0.2) is 0 Å². The fourth-order valence-corrected chi connectivity index (χ4v) is 2.26. The Balaban J connectivity index is 2.07. The van der Waals surface area contributed by atoms with Crippen LogP contribution < -0.4 is 4.57 Å². The lowest BCUT2D eigenvalue weighted by molar-refractivity contribution is -0.586. The number of hydrogen-bond donors (Lipinski definition) is 1. The van der Waals surface area contributed by atoms with E-state index in [-0.39, 0.29) is 5.75 Å². The minimum atomic E-state index is 0.243. The highest BCUT2D eigenvalue weighted by atomic mass is 16.3. The highest BCUT2D eigenvalue weighted by Gasteiger charge is 2.05. The molecule has 1 aromatic heterocycles. The normalized spacial score (nSPS) is 11.2. The number of aromatic hydroxyl groups is 1. The van der Waals surface area contributed by atoms with Crippen molar-refractivity contribution >= 4 is 23.1 Å². The molecule has 2 heteroatoms. The van der Waals surface area contributed by atoms with E-state index in [0.717, 1.165) is 22.2 Å². The van der Waals surface area contributed by atoms with Crippen molar-refractivity contribution in [2.24, 2.45) is 0 Å². The van der Waals surface area contributed by atoms with Gasteiger partial charge in [0.05, 0.1) is 0 Å². The van der Waals surface area contributed by atoms with Gasteiger partial charge in [-0.2, -0.15) is 0 Å². The number of para-hydroxylation sites is 1. The predicted octanol–water partition coefficient (Wildman–Crippen LogP) is 3.64. The molecular formula is C18H15NO. The SMILES string of the molecule is [CH2-][n+]1c(/C=C/c2ccccc2)ccc2cccc(O)c21. The van der Waals surface area contributed by atoms with E-state index in [4.69, 9.17) is 0 Å². The van der Waals surface area contributed by atoms with Crippen LogP contribution >= 0.6 is 0 Å². The van der Waals surface area contributed by atoms with E-state index < -0.39 is 0 Å². The Hall–Kier alpha value is -2.74. The summed E-state index contributed by atoms with van der Waals surface area (Å²) in [6, 6.07) is 19.5. The number of aromatic nitrogens is 1. The lowest BCUT2D eigenvalue weighted by Gasteiger charge is -2.09. The van der Waals surface area contributed by atoms with Crippen LogP contribution in [0, 0.1) is 7.05 Å². The van der Waals surface area contributed by atoms with Crippen LogP contribution in [-0.2, 0) is 0 Å². The zero-order chi connectivity index (χ0) is 13.9. The largest absolute Gasteiger partial charge is 0.514 e. The third kappa shape index (κ3) is 2.24. The average molecular weight is 261 g/mol. The molecule has 0 aliphatic rings. The van der Waals surface area contributed by atoms with E-state index in [2.05, 4.69) is 7.05 Å². The molecule has 0 radical (unpaired) electrons. The van der Waals surface area contributed by atoms with Gasteiger partial charge in [0, 0.05) is 7.05 Å². The molecule has 20 heavy (non-hydrogen) atoms. The number of rotatable bonds is 2. The predicted molar refractivity (Wildman–Crippen MR) is 81.9 cm³/mol. The number of pyridine rings is 1. The summed E-state index contributed by atoms with van der Waals surface area (Å²) in [4.78, 5) is 0. The van der Waals surface area contributed by atoms with Gasteiger partial charge in [-0.1, -0.05) is 54.6 Å². The first-order chi connectivity index (χ1) is 9.75. The molecule has 1 N–H and O–H groups in total. The van der Waals surface area contributed by atoms with Crippen molar-refractivity contribution in [3.05, 3.63) is 79.0 Å². The smallest absolute Gasteiger partial charge is 0.154 e. The molecule has 2 nitrogen and oxygen atoms in total. The quantitative estimate of drug-likeness (QED) is 0.552. The van der Waals surface area contributed by atoms with Crippen molar-refractivity contribution in [1.82, 2.24) is 0 Å². The first kappa shape index (κ1) is 12.3. The zero-order valence-electron chi connectivity index (χ0n) is 11.0. The van der Waals surface area contributed by atoms with E-state index in [9.17, 15) is 5.11 Å². The van der Waals surface area contributed by atoms with E-state index >= 15 is 0 Å². The highest BCUT2D eigenvalue weighted by Crippen LogP contribution is 2.21. The van der Waals surface area contributed by atoms with Gasteiger partial charge in [-0.3, -0.25) is 0 Å². The molecule has 2 aromatic carbocycles. The monoisotopic (exact) mass is 261 g/mol. The van der Waals surface area contributed by atoms with Crippen molar-refractivity contribution in [2.75, 3.05) is 0 Å². The molecule has 0 fully saturated rings. The number of phenolic OH excluding ortho intramolecular Hbond substituents is 1. The van der Waals surface area contributed by atoms with Crippen LogP contribution in [0.25, 0.3) is 23.1 Å². The third-order valence-corrected chi connectivity index (χ3v) is 3.31. The van der Waals surface area contributed by atoms with Gasteiger partial charge >= 0.3 is 0 Å². The number of benzene rings is 2. The van der Waals surface area contributed by atoms with Gasteiger partial charge in [0.25, 0.3) is 0 Å². The summed E-state index contributed by atoms with van der Waals surface area (Å²) < 4.78 is 1.75. The molecule has 3 aromatic rings. The Kier molecular flexibility index (Phi) is 3.13. The maximum atomic E-state index is 9.98. The van der Waals surface area contributed by atoms with Crippen LogP contribution in [0.3, 0.4) is 0 Å². The van der Waals surface area contributed by atoms with E-state index in [1.807, 2.05) is 66.7 Å². The lowest BCUT2D eigenvalue weighted by Crippen LogP contribution is -2.30. The number of hydrogen-bond acceptors (Lipinski definition) is 1. The van der Waals surface area contributed by atoms with Gasteiger partial charge in [0.1, 0.15) is 11.4 Å². The van der Waals surface area contributed by atoms with Crippen LogP contribution in [0.5, 0.6) is 5.75 Å². The summed E-state index contributed by atoms with van der Waals surface area (Å²) in [7, 11) is 4.03. The maximum Gasteiger partial charge on any atom is 0.154 e. The Morgan fingerprint density at radius 1 is 0.850 bits per heavy atom. The summed E-state index contributed by atoms with van der Waals surface area (Å²) >= 11 is 0. The van der Waals surface area contributed by atoms with Crippen molar-refractivity contribution < 1.29 is 9.67 Å². The third-order valence-electron chi connectivity index (χ3n) is 3.31. The average Bonchev–Trinajstić information content (AvgIpc) is 2.48. The summed E-state index contributed by atoms with van der Waals surface area (Å²) in [5.41, 5.74) is 2.80. The fourth-order valence-electron chi connectivity index (χ4n) is 2.26. The minimum absolute atomic E-state index is 0.243. The van der Waals surface area contributed by atoms with Crippen molar-refractivity contribution in [3.63, 3.8) is 0 Å². The standard InChI is InChI=1S/C18H15NO/c1-19-16(12-10-14-6-3-2-4-7-14)13-11-15-8-5-9-17(20)18(15)19/h2-13,20H,1H2/b12-10+. The molecule has 0 spiro atoms. The van der Waals surface area contributed by atoms with E-state index in [1.165, 1.54) is 0 Å². The molecular weight excluding hydrogens is 246 g/mol. The van der Waals surface area contributed by atoms with Gasteiger partial charge in [0.2, 0.25) is 0 Å². The summed E-state index contributed by atoms with van der Waals surface area (Å²) in [6.07, 6.45) is 4.02. The Labute approximate surface area is 118 Å². The second-order valence-electron chi connectivity index (χ2n) is 4.65. The summed E-state index contributed by atoms with van der Waals surface area (Å²) in [5.74, 6) is 0.243. The van der Waals surface area contributed by atoms with Gasteiger partial charge in [0.15, 0.2) is 5.52 Å². The van der Waals surface area contributed by atoms with Crippen molar-refractivity contribution in [3.8, 4) is 5.75 Å². The van der Waals surface area contributed by atoms with Crippen molar-refractivity contribution in [1.29, 1.82) is 0 Å². The Morgan fingerprint density at radius 2 is 1.65 bits per heavy atom. The van der Waals surface area contributed by atoms with E-state index in [1.54, 1.807) is 10.6 Å². The topological polar surface area (TPSA) is 24.1 Å². The molecule has 1 heterocycles. The second kappa shape index (κ2) is 5.10. The molecule has 0 saturated heterocycles. The van der Waals surface area contributed by atoms with Crippen LogP contribution in [0.2, 0.25) is 0 Å². The van der Waals surface area contributed by atoms with Crippen LogP contribution in [0.4, 0.5) is 0 Å². The molecule has 98 valence electrons. The van der Waals surface area contributed by atoms with Crippen molar-refractivity contribution in [2.45, 2.75) is 0 Å². The van der Waals surface area contributed by atoms with Gasteiger partial charge < -0.3 is 9.67 Å². The molecule has 0 saturated carbocycles. The number of fused-ring (bicyclic) bond motifs is 1. The van der Waals surface area contributed by atoms with Crippen LogP contribution in [-0.4, -0.2) is 5.11 Å². The molecule has 3 rings (SSSR count). The molecule has 0 aliphatic heterocycles. The molecule has 0 atom stereocenters. The maximum absolute atomic E-state index is 9.98.